The number of carbonyl (C=O) groups excluding carboxylic acids is 1. The van der Waals surface area contributed by atoms with Crippen molar-refractivity contribution < 1.29 is 4.79 Å². The van der Waals surface area contributed by atoms with E-state index in [0.29, 0.717) is 11.4 Å². The van der Waals surface area contributed by atoms with Gasteiger partial charge in [-0.3, -0.25) is 4.79 Å². The molecule has 1 aliphatic carbocycles. The molecule has 1 heterocycles. The number of rotatable bonds is 5. The number of nitrogen functional groups attached to an aromatic ring is 1. The van der Waals surface area contributed by atoms with Crippen LogP contribution in [0.5, 0.6) is 0 Å². The zero-order valence-electron chi connectivity index (χ0n) is 11.1. The van der Waals surface area contributed by atoms with E-state index in [-0.39, 0.29) is 5.91 Å². The van der Waals surface area contributed by atoms with E-state index in [4.69, 9.17) is 5.73 Å². The first-order chi connectivity index (χ1) is 9.20. The number of pyridine rings is 1. The minimum atomic E-state index is 0.152. The van der Waals surface area contributed by atoms with Crippen molar-refractivity contribution in [3.8, 4) is 0 Å². The first kappa shape index (κ1) is 13.9. The Morgan fingerprint density at radius 3 is 2.95 bits per heavy atom. The highest BCUT2D eigenvalue weighted by Crippen LogP contribution is 2.23. The van der Waals surface area contributed by atoms with E-state index in [0.717, 1.165) is 30.8 Å². The first-order valence-electron chi connectivity index (χ1n) is 6.54. The number of anilines is 1. The Hall–Kier alpha value is -1.49. The predicted octanol–water partition coefficient (Wildman–Crippen LogP) is 2.67. The number of nitrogens with zero attached hydrogens (tertiary/aromatic N) is 2. The molecule has 0 spiro atoms. The van der Waals surface area contributed by atoms with Crippen LogP contribution >= 0.6 is 11.8 Å². The average molecular weight is 277 g/mol. The van der Waals surface area contributed by atoms with E-state index in [1.165, 1.54) is 17.5 Å². The quantitative estimate of drug-likeness (QED) is 0.841. The molecule has 0 aliphatic heterocycles. The van der Waals surface area contributed by atoms with Crippen LogP contribution in [0.3, 0.4) is 0 Å². The Morgan fingerprint density at radius 1 is 1.53 bits per heavy atom. The molecule has 1 aromatic heterocycles. The maximum absolute atomic E-state index is 12.2. The third-order valence-corrected chi connectivity index (χ3v) is 4.01. The number of nitrogens with two attached hydrogens (primary N) is 1. The standard InChI is InChI=1S/C14H19N3OS/c1-2-17(12-5-3-4-6-12)14(18)10-19-13-8-7-11(15)9-16-13/h5,7-9H,2-4,6,10,15H2,1H3. The highest BCUT2D eigenvalue weighted by Gasteiger charge is 2.18. The Morgan fingerprint density at radius 2 is 2.37 bits per heavy atom. The summed E-state index contributed by atoms with van der Waals surface area (Å²) in [5.74, 6) is 0.571. The number of hydrogen-bond acceptors (Lipinski definition) is 4. The van der Waals surface area contributed by atoms with E-state index in [1.807, 2.05) is 17.9 Å². The number of amides is 1. The molecule has 1 aromatic rings. The summed E-state index contributed by atoms with van der Waals surface area (Å²) in [6, 6.07) is 3.65. The summed E-state index contributed by atoms with van der Waals surface area (Å²) < 4.78 is 0. The van der Waals surface area contributed by atoms with Gasteiger partial charge in [0.05, 0.1) is 22.7 Å². The van der Waals surface area contributed by atoms with Crippen LogP contribution < -0.4 is 5.73 Å². The van der Waals surface area contributed by atoms with Gasteiger partial charge in [0.2, 0.25) is 5.91 Å². The number of thioether (sulfide) groups is 1. The molecule has 5 heteroatoms. The van der Waals surface area contributed by atoms with Crippen molar-refractivity contribution in [1.29, 1.82) is 0 Å². The summed E-state index contributed by atoms with van der Waals surface area (Å²) in [5, 5.41) is 0.832. The normalized spacial score (nSPS) is 14.3. The van der Waals surface area contributed by atoms with Crippen LogP contribution in [0.15, 0.2) is 35.1 Å². The fourth-order valence-electron chi connectivity index (χ4n) is 2.13. The maximum atomic E-state index is 12.2. The SMILES string of the molecule is CCN(C(=O)CSc1ccc(N)cn1)C1=CCCC1. The van der Waals surface area contributed by atoms with Gasteiger partial charge in [-0.05, 0) is 38.3 Å². The van der Waals surface area contributed by atoms with E-state index in [9.17, 15) is 4.79 Å². The molecule has 102 valence electrons. The van der Waals surface area contributed by atoms with Crippen molar-refractivity contribution in [1.82, 2.24) is 9.88 Å². The van der Waals surface area contributed by atoms with Crippen molar-refractivity contribution in [2.24, 2.45) is 0 Å². The van der Waals surface area contributed by atoms with Crippen molar-refractivity contribution >= 4 is 23.4 Å². The lowest BCUT2D eigenvalue weighted by atomic mass is 10.3. The Bertz CT molecular complexity index is 470. The Labute approximate surface area is 118 Å². The van der Waals surface area contributed by atoms with Gasteiger partial charge in [0, 0.05) is 12.2 Å². The predicted molar refractivity (Wildman–Crippen MR) is 78.7 cm³/mol. The fourth-order valence-corrected chi connectivity index (χ4v) is 2.85. The van der Waals surface area contributed by atoms with Crippen LogP contribution in [0.2, 0.25) is 0 Å². The number of aromatic nitrogens is 1. The van der Waals surface area contributed by atoms with Gasteiger partial charge >= 0.3 is 0 Å². The van der Waals surface area contributed by atoms with Gasteiger partial charge in [-0.2, -0.15) is 0 Å². The summed E-state index contributed by atoms with van der Waals surface area (Å²) >= 11 is 1.45. The first-order valence-corrected chi connectivity index (χ1v) is 7.53. The van der Waals surface area contributed by atoms with Gasteiger partial charge in [0.1, 0.15) is 0 Å². The summed E-state index contributed by atoms with van der Waals surface area (Å²) in [5.41, 5.74) is 7.40. The number of allylic oxidation sites excluding steroid dienone is 2. The van der Waals surface area contributed by atoms with Gasteiger partial charge in [-0.25, -0.2) is 4.98 Å². The van der Waals surface area contributed by atoms with Gasteiger partial charge in [-0.15, -0.1) is 0 Å². The van der Waals surface area contributed by atoms with E-state index in [1.54, 1.807) is 12.3 Å². The third-order valence-electron chi connectivity index (χ3n) is 3.08. The van der Waals surface area contributed by atoms with Crippen LogP contribution in [0.25, 0.3) is 0 Å². The zero-order chi connectivity index (χ0) is 13.7. The van der Waals surface area contributed by atoms with E-state index in [2.05, 4.69) is 11.1 Å². The molecule has 0 bridgehead atoms. The summed E-state index contributed by atoms with van der Waals surface area (Å²) in [4.78, 5) is 18.3. The second kappa shape index (κ2) is 6.61. The van der Waals surface area contributed by atoms with Gasteiger partial charge in [0.15, 0.2) is 0 Å². The summed E-state index contributed by atoms with van der Waals surface area (Å²) in [6.07, 6.45) is 7.05. The second-order valence-corrected chi connectivity index (χ2v) is 5.44. The van der Waals surface area contributed by atoms with Gasteiger partial charge in [-0.1, -0.05) is 17.8 Å². The van der Waals surface area contributed by atoms with E-state index >= 15 is 0 Å². The molecule has 0 saturated heterocycles. The largest absolute Gasteiger partial charge is 0.397 e. The smallest absolute Gasteiger partial charge is 0.237 e. The highest BCUT2D eigenvalue weighted by atomic mass is 32.2. The molecule has 0 saturated carbocycles. The third kappa shape index (κ3) is 3.73. The minimum absolute atomic E-state index is 0.152. The van der Waals surface area contributed by atoms with Crippen molar-refractivity contribution in [3.05, 3.63) is 30.1 Å². The maximum Gasteiger partial charge on any atom is 0.237 e. The lowest BCUT2D eigenvalue weighted by molar-refractivity contribution is -0.126. The monoisotopic (exact) mass is 277 g/mol. The molecule has 1 aliphatic rings. The minimum Gasteiger partial charge on any atom is -0.397 e. The molecule has 19 heavy (non-hydrogen) atoms. The van der Waals surface area contributed by atoms with Crippen molar-refractivity contribution in [2.75, 3.05) is 18.0 Å². The highest BCUT2D eigenvalue weighted by molar-refractivity contribution is 7.99. The lowest BCUT2D eigenvalue weighted by Gasteiger charge is -2.22. The Balaban J connectivity index is 1.90. The molecule has 2 N–H and O–H groups in total. The average Bonchev–Trinajstić information content (AvgIpc) is 2.93. The second-order valence-electron chi connectivity index (χ2n) is 4.44. The topological polar surface area (TPSA) is 59.2 Å². The molecule has 0 unspecified atom stereocenters. The summed E-state index contributed by atoms with van der Waals surface area (Å²) in [7, 11) is 0. The lowest BCUT2D eigenvalue weighted by Crippen LogP contribution is -2.31. The molecular weight excluding hydrogens is 258 g/mol. The molecule has 0 fully saturated rings. The zero-order valence-corrected chi connectivity index (χ0v) is 11.9. The van der Waals surface area contributed by atoms with Gasteiger partial charge < -0.3 is 10.6 Å². The Kier molecular flexibility index (Phi) is 4.85. The number of carbonyl (C=O) groups is 1. The van der Waals surface area contributed by atoms with Crippen LogP contribution in [-0.4, -0.2) is 28.1 Å². The molecular formula is C14H19N3OS. The van der Waals surface area contributed by atoms with E-state index < -0.39 is 0 Å². The molecule has 0 aromatic carbocycles. The van der Waals surface area contributed by atoms with Crippen LogP contribution in [-0.2, 0) is 4.79 Å². The molecule has 2 rings (SSSR count). The molecule has 0 radical (unpaired) electrons. The molecule has 1 amide bonds. The van der Waals surface area contributed by atoms with Crippen molar-refractivity contribution in [3.63, 3.8) is 0 Å². The molecule has 4 nitrogen and oxygen atoms in total. The van der Waals surface area contributed by atoms with Crippen molar-refractivity contribution in [2.45, 2.75) is 31.2 Å². The number of hydrogen-bond donors (Lipinski definition) is 1. The molecule has 0 atom stereocenters. The van der Waals surface area contributed by atoms with Gasteiger partial charge in [0.25, 0.3) is 0 Å². The fraction of sp³-hybridized carbons (Fsp3) is 0.429. The summed E-state index contributed by atoms with van der Waals surface area (Å²) in [6.45, 7) is 2.75. The van der Waals surface area contributed by atoms with Crippen LogP contribution in [0, 0.1) is 0 Å². The van der Waals surface area contributed by atoms with Crippen LogP contribution in [0.1, 0.15) is 26.2 Å². The van der Waals surface area contributed by atoms with Crippen LogP contribution in [0.4, 0.5) is 5.69 Å².